The van der Waals surface area contributed by atoms with Crippen LogP contribution in [0.5, 0.6) is 0 Å². The number of nitrogen functional groups attached to an aromatic ring is 1. The fraction of sp³-hybridized carbons (Fsp3) is 0.500. The van der Waals surface area contributed by atoms with Gasteiger partial charge in [-0.1, -0.05) is 0 Å². The minimum Gasteiger partial charge on any atom is -0.394 e. The SMILES string of the molecule is NP(O)O.Nc1nc2c(ncn2C2C[C@H](O)[C@@H](CO)O2)c(=O)[nH]1. The summed E-state index contributed by atoms with van der Waals surface area (Å²) in [4.78, 5) is 36.9. The quantitative estimate of drug-likeness (QED) is 0.284. The maximum atomic E-state index is 11.6. The predicted octanol–water partition coefficient (Wildman–Crippen LogP) is -2.50. The van der Waals surface area contributed by atoms with Gasteiger partial charge in [0.25, 0.3) is 5.56 Å². The van der Waals surface area contributed by atoms with Crippen molar-refractivity contribution in [2.24, 2.45) is 5.50 Å². The molecule has 1 saturated heterocycles. The molecule has 3 atom stereocenters. The average Bonchev–Trinajstić information content (AvgIpc) is 3.01. The number of aromatic nitrogens is 4. The molecule has 0 radical (unpaired) electrons. The number of hydrogen-bond acceptors (Lipinski definition) is 10. The smallest absolute Gasteiger partial charge is 0.280 e. The van der Waals surface area contributed by atoms with Crippen molar-refractivity contribution in [2.75, 3.05) is 12.3 Å². The standard InChI is InChI=1S/C10H13N5O4.H4NO2P/c11-10-13-8-7(9(18)14-10)12-3-15(8)6-1-4(17)5(2-16)19-6;1-4(2)3/h3-6,16-17H,1-2H2,(H3,11,13,14,18);2-3H,1H2/t4-,5+,6?;/m0./s1. The van der Waals surface area contributed by atoms with Crippen LogP contribution in [0.2, 0.25) is 0 Å². The number of hydrogen-bond donors (Lipinski definition) is 7. The zero-order valence-corrected chi connectivity index (χ0v) is 12.7. The lowest BCUT2D eigenvalue weighted by Crippen LogP contribution is -2.24. The Morgan fingerprint density at radius 3 is 2.74 bits per heavy atom. The highest BCUT2D eigenvalue weighted by Crippen LogP contribution is 2.30. The van der Waals surface area contributed by atoms with Crippen molar-refractivity contribution in [2.45, 2.75) is 24.9 Å². The fourth-order valence-electron chi connectivity index (χ4n) is 2.20. The molecule has 0 amide bonds. The summed E-state index contributed by atoms with van der Waals surface area (Å²) in [6.07, 6.45) is -0.270. The Hall–Kier alpha value is -1.66. The van der Waals surface area contributed by atoms with Crippen LogP contribution in [0.4, 0.5) is 5.95 Å². The zero-order valence-electron chi connectivity index (χ0n) is 11.8. The molecule has 128 valence electrons. The van der Waals surface area contributed by atoms with Crippen LogP contribution in [-0.4, -0.2) is 58.3 Å². The summed E-state index contributed by atoms with van der Waals surface area (Å²) in [6.45, 7) is -0.277. The second kappa shape index (κ2) is 7.27. The van der Waals surface area contributed by atoms with Crippen LogP contribution < -0.4 is 16.8 Å². The molecule has 9 N–H and O–H groups in total. The van der Waals surface area contributed by atoms with Crippen molar-refractivity contribution < 1.29 is 24.7 Å². The van der Waals surface area contributed by atoms with E-state index in [0.717, 1.165) is 0 Å². The second-order valence-electron chi connectivity index (χ2n) is 4.71. The topological polar surface area (TPSA) is 206 Å². The third-order valence-corrected chi connectivity index (χ3v) is 3.15. The Bertz CT molecular complexity index is 717. The summed E-state index contributed by atoms with van der Waals surface area (Å²) in [5, 5.41) is 18.8. The molecule has 13 heteroatoms. The van der Waals surface area contributed by atoms with Crippen LogP contribution in [0, 0.1) is 0 Å². The fourth-order valence-corrected chi connectivity index (χ4v) is 2.20. The molecule has 0 spiro atoms. The number of ether oxygens (including phenoxy) is 1. The lowest BCUT2D eigenvalue weighted by molar-refractivity contribution is -0.0432. The van der Waals surface area contributed by atoms with Gasteiger partial charge in [-0.25, -0.2) is 4.98 Å². The molecule has 3 rings (SSSR count). The molecule has 0 bridgehead atoms. The van der Waals surface area contributed by atoms with Gasteiger partial charge in [-0.2, -0.15) is 4.98 Å². The van der Waals surface area contributed by atoms with Crippen molar-refractivity contribution in [1.82, 2.24) is 19.5 Å². The summed E-state index contributed by atoms with van der Waals surface area (Å²) < 4.78 is 7.01. The molecule has 0 saturated carbocycles. The van der Waals surface area contributed by atoms with Crippen molar-refractivity contribution in [1.29, 1.82) is 0 Å². The molecule has 2 aromatic heterocycles. The van der Waals surface area contributed by atoms with E-state index in [1.54, 1.807) is 0 Å². The highest BCUT2D eigenvalue weighted by Gasteiger charge is 2.35. The van der Waals surface area contributed by atoms with Gasteiger partial charge in [-0.3, -0.25) is 19.8 Å². The minimum atomic E-state index is -2.12. The first-order chi connectivity index (χ1) is 10.8. The monoisotopic (exact) mass is 348 g/mol. The molecule has 1 unspecified atom stereocenters. The van der Waals surface area contributed by atoms with Gasteiger partial charge in [0, 0.05) is 6.42 Å². The van der Waals surface area contributed by atoms with Crippen molar-refractivity contribution in [3.05, 3.63) is 16.7 Å². The predicted molar refractivity (Wildman–Crippen MR) is 79.7 cm³/mol. The van der Waals surface area contributed by atoms with Crippen LogP contribution in [-0.2, 0) is 4.74 Å². The molecule has 1 aliphatic rings. The third kappa shape index (κ3) is 4.00. The third-order valence-electron chi connectivity index (χ3n) is 3.15. The van der Waals surface area contributed by atoms with E-state index in [9.17, 15) is 9.90 Å². The summed E-state index contributed by atoms with van der Waals surface area (Å²) in [5.74, 6) is -0.0171. The Morgan fingerprint density at radius 2 is 2.17 bits per heavy atom. The van der Waals surface area contributed by atoms with E-state index in [0.29, 0.717) is 0 Å². The van der Waals surface area contributed by atoms with Crippen LogP contribution in [0.3, 0.4) is 0 Å². The summed E-state index contributed by atoms with van der Waals surface area (Å²) in [5.41, 5.74) is 9.79. The van der Waals surface area contributed by atoms with E-state index in [-0.39, 0.29) is 30.1 Å². The number of nitrogens with one attached hydrogen (secondary N) is 1. The minimum absolute atomic E-state index is 0.0171. The maximum absolute atomic E-state index is 11.6. The molecule has 0 aliphatic carbocycles. The largest absolute Gasteiger partial charge is 0.394 e. The molecule has 1 aliphatic heterocycles. The first-order valence-corrected chi connectivity index (χ1v) is 7.74. The van der Waals surface area contributed by atoms with Crippen molar-refractivity contribution in [3.8, 4) is 0 Å². The molecule has 23 heavy (non-hydrogen) atoms. The number of aliphatic hydroxyl groups excluding tert-OH is 2. The molecule has 0 aromatic carbocycles. The molecule has 3 heterocycles. The zero-order chi connectivity index (χ0) is 17.1. The number of fused-ring (bicyclic) bond motifs is 1. The first-order valence-electron chi connectivity index (χ1n) is 6.42. The number of aromatic amines is 1. The number of imidazole rings is 1. The van der Waals surface area contributed by atoms with Gasteiger partial charge in [0.05, 0.1) is 19.0 Å². The highest BCUT2D eigenvalue weighted by molar-refractivity contribution is 7.42. The van der Waals surface area contributed by atoms with E-state index in [1.165, 1.54) is 10.9 Å². The van der Waals surface area contributed by atoms with Crippen LogP contribution in [0.15, 0.2) is 11.1 Å². The van der Waals surface area contributed by atoms with E-state index in [4.69, 9.17) is 25.4 Å². The normalized spacial score (nSPS) is 24.0. The molecule has 2 aromatic rings. The number of aliphatic hydroxyl groups is 2. The molecular weight excluding hydrogens is 331 g/mol. The number of rotatable bonds is 2. The molecule has 1 fully saturated rings. The second-order valence-corrected chi connectivity index (χ2v) is 5.35. The molecular formula is C10H17N6O6P. The Labute approximate surface area is 130 Å². The van der Waals surface area contributed by atoms with E-state index in [2.05, 4.69) is 20.5 Å². The lowest BCUT2D eigenvalue weighted by Gasteiger charge is -2.13. The first kappa shape index (κ1) is 17.7. The van der Waals surface area contributed by atoms with Crippen molar-refractivity contribution in [3.63, 3.8) is 0 Å². The lowest BCUT2D eigenvalue weighted by atomic mass is 10.2. The van der Waals surface area contributed by atoms with Gasteiger partial charge >= 0.3 is 0 Å². The number of nitrogens with zero attached hydrogens (tertiary/aromatic N) is 3. The maximum Gasteiger partial charge on any atom is 0.280 e. The Kier molecular flexibility index (Phi) is 5.59. The van der Waals surface area contributed by atoms with Crippen LogP contribution >= 0.6 is 8.53 Å². The molecule has 12 nitrogen and oxygen atoms in total. The Morgan fingerprint density at radius 1 is 1.52 bits per heavy atom. The summed E-state index contributed by atoms with van der Waals surface area (Å²) >= 11 is 0. The van der Waals surface area contributed by atoms with Crippen LogP contribution in [0.1, 0.15) is 12.6 Å². The number of anilines is 1. The average molecular weight is 348 g/mol. The van der Waals surface area contributed by atoms with Gasteiger partial charge in [0.2, 0.25) is 14.5 Å². The number of H-pyrrole nitrogens is 1. The van der Waals surface area contributed by atoms with Gasteiger partial charge in [-0.15, -0.1) is 0 Å². The van der Waals surface area contributed by atoms with Crippen LogP contribution in [0.25, 0.3) is 11.2 Å². The van der Waals surface area contributed by atoms with E-state index >= 15 is 0 Å². The van der Waals surface area contributed by atoms with Gasteiger partial charge < -0.3 is 30.5 Å². The summed E-state index contributed by atoms with van der Waals surface area (Å²) in [7, 11) is -2.12. The summed E-state index contributed by atoms with van der Waals surface area (Å²) in [6, 6.07) is 0. The van der Waals surface area contributed by atoms with E-state index in [1.807, 2.05) is 0 Å². The van der Waals surface area contributed by atoms with Crippen molar-refractivity contribution >= 4 is 25.6 Å². The van der Waals surface area contributed by atoms with Gasteiger partial charge in [-0.05, 0) is 0 Å². The Balaban J connectivity index is 0.000000433. The van der Waals surface area contributed by atoms with E-state index < -0.39 is 32.5 Å². The van der Waals surface area contributed by atoms with Gasteiger partial charge in [0.1, 0.15) is 12.3 Å². The number of nitrogens with two attached hydrogens (primary N) is 2. The van der Waals surface area contributed by atoms with Gasteiger partial charge in [0.15, 0.2) is 11.2 Å². The highest BCUT2D eigenvalue weighted by atomic mass is 31.2.